The SMILES string of the molecule is O=C(CCNCc1cccc2c1NCC2)N1CCOCC1. The Kier molecular flexibility index (Phi) is 4.72. The van der Waals surface area contributed by atoms with E-state index in [4.69, 9.17) is 4.74 Å². The van der Waals surface area contributed by atoms with Gasteiger partial charge in [0.2, 0.25) is 5.91 Å². The number of hydrogen-bond donors (Lipinski definition) is 2. The number of fused-ring (bicyclic) bond motifs is 1. The predicted molar refractivity (Wildman–Crippen MR) is 82.4 cm³/mol. The Morgan fingerprint density at radius 1 is 1.33 bits per heavy atom. The van der Waals surface area contributed by atoms with Gasteiger partial charge in [0.25, 0.3) is 0 Å². The number of anilines is 1. The molecule has 0 unspecified atom stereocenters. The number of carbonyl (C=O) groups excluding carboxylic acids is 1. The number of morpholine rings is 1. The van der Waals surface area contributed by atoms with Gasteiger partial charge < -0.3 is 20.3 Å². The third-order valence-corrected chi connectivity index (χ3v) is 4.13. The lowest BCUT2D eigenvalue weighted by molar-refractivity contribution is -0.135. The van der Waals surface area contributed by atoms with Gasteiger partial charge in [-0.15, -0.1) is 0 Å². The highest BCUT2D eigenvalue weighted by Crippen LogP contribution is 2.26. The van der Waals surface area contributed by atoms with Gasteiger partial charge in [0.15, 0.2) is 0 Å². The van der Waals surface area contributed by atoms with Crippen molar-refractivity contribution < 1.29 is 9.53 Å². The van der Waals surface area contributed by atoms with Crippen molar-refractivity contribution in [2.45, 2.75) is 19.4 Å². The van der Waals surface area contributed by atoms with Crippen LogP contribution in [0.15, 0.2) is 18.2 Å². The summed E-state index contributed by atoms with van der Waals surface area (Å²) in [4.78, 5) is 13.9. The Balaban J connectivity index is 1.42. The smallest absolute Gasteiger partial charge is 0.224 e. The predicted octanol–water partition coefficient (Wildman–Crippen LogP) is 0.993. The first-order valence-corrected chi connectivity index (χ1v) is 7.75. The molecule has 114 valence electrons. The van der Waals surface area contributed by atoms with Crippen LogP contribution in [-0.2, 0) is 22.5 Å². The summed E-state index contributed by atoms with van der Waals surface area (Å²) >= 11 is 0. The molecule has 5 nitrogen and oxygen atoms in total. The molecule has 1 fully saturated rings. The average molecular weight is 289 g/mol. The fourth-order valence-corrected chi connectivity index (χ4v) is 2.95. The van der Waals surface area contributed by atoms with Gasteiger partial charge in [-0.2, -0.15) is 0 Å². The van der Waals surface area contributed by atoms with Crippen LogP contribution < -0.4 is 10.6 Å². The van der Waals surface area contributed by atoms with E-state index in [2.05, 4.69) is 28.8 Å². The maximum atomic E-state index is 12.0. The molecule has 0 radical (unpaired) electrons. The summed E-state index contributed by atoms with van der Waals surface area (Å²) in [5.41, 5.74) is 3.98. The molecule has 2 N–H and O–H groups in total. The topological polar surface area (TPSA) is 53.6 Å². The van der Waals surface area contributed by atoms with Crippen LogP contribution in [0.25, 0.3) is 0 Å². The summed E-state index contributed by atoms with van der Waals surface area (Å²) in [6.07, 6.45) is 1.67. The number of carbonyl (C=O) groups is 1. The van der Waals surface area contributed by atoms with Crippen LogP contribution in [0.3, 0.4) is 0 Å². The number of nitrogens with one attached hydrogen (secondary N) is 2. The van der Waals surface area contributed by atoms with E-state index in [0.717, 1.165) is 39.1 Å². The molecule has 2 heterocycles. The Morgan fingerprint density at radius 3 is 3.05 bits per heavy atom. The summed E-state index contributed by atoms with van der Waals surface area (Å²) in [7, 11) is 0. The van der Waals surface area contributed by atoms with Crippen LogP contribution in [0.1, 0.15) is 17.5 Å². The molecule has 0 atom stereocenters. The molecule has 0 aliphatic carbocycles. The summed E-state index contributed by atoms with van der Waals surface area (Å²) < 4.78 is 5.26. The van der Waals surface area contributed by atoms with Gasteiger partial charge in [0, 0.05) is 44.8 Å². The third-order valence-electron chi connectivity index (χ3n) is 4.13. The molecular formula is C16H23N3O2. The van der Waals surface area contributed by atoms with Crippen molar-refractivity contribution in [1.29, 1.82) is 0 Å². The monoisotopic (exact) mass is 289 g/mol. The van der Waals surface area contributed by atoms with Gasteiger partial charge in [-0.1, -0.05) is 18.2 Å². The Hall–Kier alpha value is -1.59. The standard InChI is InChI=1S/C16H23N3O2/c20-15(19-8-10-21-11-9-19)5-6-17-12-14-3-1-2-13-4-7-18-16(13)14/h1-3,17-18H,4-12H2. The maximum Gasteiger partial charge on any atom is 0.224 e. The van der Waals surface area contributed by atoms with E-state index >= 15 is 0 Å². The Labute approximate surface area is 125 Å². The zero-order valence-corrected chi connectivity index (χ0v) is 12.4. The highest BCUT2D eigenvalue weighted by molar-refractivity contribution is 5.76. The second-order valence-electron chi connectivity index (χ2n) is 5.55. The van der Waals surface area contributed by atoms with E-state index in [9.17, 15) is 4.79 Å². The second-order valence-corrected chi connectivity index (χ2v) is 5.55. The van der Waals surface area contributed by atoms with E-state index in [1.807, 2.05) is 4.90 Å². The molecule has 21 heavy (non-hydrogen) atoms. The van der Waals surface area contributed by atoms with Crippen molar-refractivity contribution in [2.75, 3.05) is 44.7 Å². The number of benzene rings is 1. The van der Waals surface area contributed by atoms with Crippen molar-refractivity contribution in [3.63, 3.8) is 0 Å². The van der Waals surface area contributed by atoms with E-state index in [0.29, 0.717) is 19.6 Å². The van der Waals surface area contributed by atoms with E-state index in [1.54, 1.807) is 0 Å². The normalized spacial score (nSPS) is 17.4. The van der Waals surface area contributed by atoms with Crippen molar-refractivity contribution >= 4 is 11.6 Å². The van der Waals surface area contributed by atoms with E-state index in [-0.39, 0.29) is 5.91 Å². The highest BCUT2D eigenvalue weighted by Gasteiger charge is 2.16. The first kappa shape index (κ1) is 14.4. The third kappa shape index (κ3) is 3.54. The molecule has 5 heteroatoms. The fourth-order valence-electron chi connectivity index (χ4n) is 2.95. The van der Waals surface area contributed by atoms with Gasteiger partial charge in [-0.25, -0.2) is 0 Å². The molecule has 1 aromatic carbocycles. The molecule has 0 aromatic heterocycles. The molecule has 3 rings (SSSR count). The van der Waals surface area contributed by atoms with Crippen LogP contribution >= 0.6 is 0 Å². The largest absolute Gasteiger partial charge is 0.384 e. The lowest BCUT2D eigenvalue weighted by Crippen LogP contribution is -2.41. The number of para-hydroxylation sites is 1. The van der Waals surface area contributed by atoms with Crippen LogP contribution in [0.4, 0.5) is 5.69 Å². The average Bonchev–Trinajstić information content (AvgIpc) is 3.01. The summed E-state index contributed by atoms with van der Waals surface area (Å²) in [6.45, 7) is 5.36. The quantitative estimate of drug-likeness (QED) is 0.794. The van der Waals surface area contributed by atoms with Gasteiger partial charge in [0.05, 0.1) is 13.2 Å². The van der Waals surface area contributed by atoms with Crippen LogP contribution in [0.2, 0.25) is 0 Å². The molecule has 1 saturated heterocycles. The van der Waals surface area contributed by atoms with Crippen molar-refractivity contribution in [1.82, 2.24) is 10.2 Å². The zero-order chi connectivity index (χ0) is 14.5. The lowest BCUT2D eigenvalue weighted by atomic mass is 10.1. The second kappa shape index (κ2) is 6.91. The first-order valence-electron chi connectivity index (χ1n) is 7.75. The van der Waals surface area contributed by atoms with Crippen LogP contribution in [0, 0.1) is 0 Å². The number of nitrogens with zero attached hydrogens (tertiary/aromatic N) is 1. The lowest BCUT2D eigenvalue weighted by Gasteiger charge is -2.26. The van der Waals surface area contributed by atoms with Gasteiger partial charge >= 0.3 is 0 Å². The van der Waals surface area contributed by atoms with Gasteiger partial charge in [-0.3, -0.25) is 4.79 Å². The number of amides is 1. The molecule has 0 saturated carbocycles. The minimum atomic E-state index is 0.224. The molecule has 0 spiro atoms. The Morgan fingerprint density at radius 2 is 2.19 bits per heavy atom. The Bertz CT molecular complexity index is 498. The van der Waals surface area contributed by atoms with Crippen molar-refractivity contribution in [3.8, 4) is 0 Å². The minimum Gasteiger partial charge on any atom is -0.384 e. The van der Waals surface area contributed by atoms with E-state index in [1.165, 1.54) is 16.8 Å². The van der Waals surface area contributed by atoms with Crippen LogP contribution in [0.5, 0.6) is 0 Å². The van der Waals surface area contributed by atoms with Crippen molar-refractivity contribution in [3.05, 3.63) is 29.3 Å². The number of ether oxygens (including phenoxy) is 1. The summed E-state index contributed by atoms with van der Waals surface area (Å²) in [6, 6.07) is 6.44. The van der Waals surface area contributed by atoms with E-state index < -0.39 is 0 Å². The van der Waals surface area contributed by atoms with Gasteiger partial charge in [-0.05, 0) is 17.5 Å². The summed E-state index contributed by atoms with van der Waals surface area (Å²) in [5, 5.41) is 6.82. The maximum absolute atomic E-state index is 12.0. The van der Waals surface area contributed by atoms with Crippen molar-refractivity contribution in [2.24, 2.45) is 0 Å². The molecule has 1 aromatic rings. The van der Waals surface area contributed by atoms with Gasteiger partial charge in [0.1, 0.15) is 0 Å². The molecule has 0 bridgehead atoms. The van der Waals surface area contributed by atoms with Crippen LogP contribution in [-0.4, -0.2) is 50.2 Å². The number of hydrogen-bond acceptors (Lipinski definition) is 4. The zero-order valence-electron chi connectivity index (χ0n) is 12.4. The summed E-state index contributed by atoms with van der Waals surface area (Å²) in [5.74, 6) is 0.224. The molecule has 1 amide bonds. The number of rotatable bonds is 5. The molecule has 2 aliphatic heterocycles. The highest BCUT2D eigenvalue weighted by atomic mass is 16.5. The fraction of sp³-hybridized carbons (Fsp3) is 0.562. The first-order chi connectivity index (χ1) is 10.3. The minimum absolute atomic E-state index is 0.224. The molecular weight excluding hydrogens is 266 g/mol. The molecule has 2 aliphatic rings.